The maximum absolute atomic E-state index is 14.7. The lowest BCUT2D eigenvalue weighted by molar-refractivity contribution is -0.138. The first-order valence-electron chi connectivity index (χ1n) is 10.1. The molecule has 6 heteroatoms. The predicted octanol–water partition coefficient (Wildman–Crippen LogP) is 4.51. The van der Waals surface area contributed by atoms with Crippen molar-refractivity contribution in [2.24, 2.45) is 22.7 Å². The summed E-state index contributed by atoms with van der Waals surface area (Å²) in [5, 5.41) is 3.72. The molecule has 2 bridgehead atoms. The number of ether oxygens (including phenoxy) is 2. The quantitative estimate of drug-likeness (QED) is 0.778. The summed E-state index contributed by atoms with van der Waals surface area (Å²) in [4.78, 5) is 12.5. The monoisotopic (exact) mass is 409 g/mol. The predicted molar refractivity (Wildman–Crippen MR) is 106 cm³/mol. The molecule has 1 amide bonds. The average molecular weight is 410 g/mol. The number of hydrogen-bond acceptors (Lipinski definition) is 3. The van der Waals surface area contributed by atoms with E-state index < -0.39 is 0 Å². The number of hydrogen-bond donors (Lipinski definition) is 1. The van der Waals surface area contributed by atoms with Crippen LogP contribution < -0.4 is 5.32 Å². The van der Waals surface area contributed by atoms with Crippen molar-refractivity contribution in [3.05, 3.63) is 34.6 Å². The largest absolute Gasteiger partial charge is 0.384 e. The number of carbonyl (C=O) groups is 1. The second kappa shape index (κ2) is 7.26. The van der Waals surface area contributed by atoms with Gasteiger partial charge in [0.1, 0.15) is 5.82 Å². The molecule has 2 saturated carbocycles. The lowest BCUT2D eigenvalue weighted by atomic mass is 9.58. The highest BCUT2D eigenvalue weighted by atomic mass is 35.5. The molecule has 28 heavy (non-hydrogen) atoms. The Bertz CT molecular complexity index is 770. The minimum atomic E-state index is -0.308. The van der Waals surface area contributed by atoms with Crippen molar-refractivity contribution in [1.29, 1.82) is 0 Å². The Labute approximate surface area is 171 Å². The van der Waals surface area contributed by atoms with E-state index in [1.165, 1.54) is 6.07 Å². The summed E-state index contributed by atoms with van der Waals surface area (Å²) in [5.41, 5.74) is 0.550. The van der Waals surface area contributed by atoms with Crippen molar-refractivity contribution < 1.29 is 18.7 Å². The summed E-state index contributed by atoms with van der Waals surface area (Å²) < 4.78 is 25.9. The summed E-state index contributed by atoms with van der Waals surface area (Å²) >= 11 is 5.95. The standard InChI is InChI=1S/C22H29ClFNO3/c1-21(2)13-10-16-19(15-5-4-14(23)11-17(15)24)28-9-7-22(16,12-13)20(21)25-18(26)6-8-27-3/h4-5,11,13,16,19-20H,6-10,12H2,1-3H3,(H,25,26)/t13-,16-,19-,20+,22?/m1/s1. The molecule has 0 radical (unpaired) electrons. The Morgan fingerprint density at radius 2 is 2.21 bits per heavy atom. The number of methoxy groups -OCH3 is 1. The molecule has 1 saturated heterocycles. The maximum atomic E-state index is 14.7. The number of fused-ring (bicyclic) bond motifs is 1. The molecule has 1 spiro atoms. The zero-order chi connectivity index (χ0) is 20.1. The molecule has 4 nitrogen and oxygen atoms in total. The fourth-order valence-electron chi connectivity index (χ4n) is 6.26. The van der Waals surface area contributed by atoms with E-state index >= 15 is 0 Å². The lowest BCUT2D eigenvalue weighted by Gasteiger charge is -2.53. The first-order chi connectivity index (χ1) is 13.3. The first-order valence-corrected chi connectivity index (χ1v) is 10.5. The Hall–Kier alpha value is -1.17. The lowest BCUT2D eigenvalue weighted by Crippen LogP contribution is -2.59. The SMILES string of the molecule is COCCC(=O)N[C@H]1C(C)(C)[C@@H]2C[C@@H]3[C@@H](c4ccc(Cl)cc4F)OCCC31C2. The molecule has 1 heterocycles. The highest BCUT2D eigenvalue weighted by Gasteiger charge is 2.68. The third-order valence-electron chi connectivity index (χ3n) is 7.61. The fourth-order valence-corrected chi connectivity index (χ4v) is 6.41. The number of nitrogens with one attached hydrogen (secondary N) is 1. The molecule has 154 valence electrons. The van der Waals surface area contributed by atoms with Gasteiger partial charge in [0.05, 0.1) is 12.7 Å². The van der Waals surface area contributed by atoms with Gasteiger partial charge in [0, 0.05) is 36.8 Å². The number of rotatable bonds is 5. The van der Waals surface area contributed by atoms with Gasteiger partial charge in [-0.05, 0) is 54.1 Å². The summed E-state index contributed by atoms with van der Waals surface area (Å²) in [7, 11) is 1.60. The molecule has 1 unspecified atom stereocenters. The van der Waals surface area contributed by atoms with E-state index in [2.05, 4.69) is 19.2 Å². The average Bonchev–Trinajstić information content (AvgIpc) is 3.13. The van der Waals surface area contributed by atoms with Crippen LogP contribution in [0.5, 0.6) is 0 Å². The summed E-state index contributed by atoms with van der Waals surface area (Å²) in [5.74, 6) is 0.408. The molecule has 1 aromatic carbocycles. The number of carbonyl (C=O) groups excluding carboxylic acids is 1. The summed E-state index contributed by atoms with van der Waals surface area (Å²) in [6.45, 7) is 5.52. The Kier molecular flexibility index (Phi) is 5.22. The van der Waals surface area contributed by atoms with Crippen LogP contribution >= 0.6 is 11.6 Å². The summed E-state index contributed by atoms with van der Waals surface area (Å²) in [6, 6.07) is 4.91. The van der Waals surface area contributed by atoms with E-state index in [9.17, 15) is 9.18 Å². The van der Waals surface area contributed by atoms with Gasteiger partial charge in [-0.2, -0.15) is 0 Å². The topological polar surface area (TPSA) is 47.6 Å². The van der Waals surface area contributed by atoms with E-state index in [0.717, 1.165) is 19.3 Å². The number of amides is 1. The molecule has 1 N–H and O–H groups in total. The molecule has 4 rings (SSSR count). The van der Waals surface area contributed by atoms with E-state index in [0.29, 0.717) is 36.1 Å². The second-order valence-electron chi connectivity index (χ2n) is 9.25. The van der Waals surface area contributed by atoms with Crippen LogP contribution in [0.1, 0.15) is 51.2 Å². The van der Waals surface area contributed by atoms with Crippen LogP contribution in [-0.4, -0.2) is 32.3 Å². The van der Waals surface area contributed by atoms with Crippen LogP contribution in [-0.2, 0) is 14.3 Å². The molecule has 1 aliphatic heterocycles. The molecular weight excluding hydrogens is 381 g/mol. The van der Waals surface area contributed by atoms with Crippen LogP contribution in [0.4, 0.5) is 4.39 Å². The maximum Gasteiger partial charge on any atom is 0.222 e. The fraction of sp³-hybridized carbons (Fsp3) is 0.682. The van der Waals surface area contributed by atoms with Crippen LogP contribution in [0.3, 0.4) is 0 Å². The highest BCUT2D eigenvalue weighted by molar-refractivity contribution is 6.30. The van der Waals surface area contributed by atoms with Crippen molar-refractivity contribution in [3.63, 3.8) is 0 Å². The van der Waals surface area contributed by atoms with E-state index in [1.807, 2.05) is 0 Å². The van der Waals surface area contributed by atoms with Crippen LogP contribution in [0, 0.1) is 28.5 Å². The van der Waals surface area contributed by atoms with Crippen molar-refractivity contribution in [2.75, 3.05) is 20.3 Å². The Morgan fingerprint density at radius 3 is 2.93 bits per heavy atom. The molecule has 3 aliphatic rings. The highest BCUT2D eigenvalue weighted by Crippen LogP contribution is 2.70. The zero-order valence-corrected chi connectivity index (χ0v) is 17.5. The van der Waals surface area contributed by atoms with Crippen LogP contribution in [0.25, 0.3) is 0 Å². The Balaban J connectivity index is 1.65. The first kappa shape index (κ1) is 20.1. The van der Waals surface area contributed by atoms with E-state index in [4.69, 9.17) is 21.1 Å². The van der Waals surface area contributed by atoms with Gasteiger partial charge >= 0.3 is 0 Å². The van der Waals surface area contributed by atoms with Gasteiger partial charge in [0.25, 0.3) is 0 Å². The summed E-state index contributed by atoms with van der Waals surface area (Å²) in [6.07, 6.45) is 3.04. The van der Waals surface area contributed by atoms with Gasteiger partial charge in [0.15, 0.2) is 0 Å². The minimum absolute atomic E-state index is 0.0136. The van der Waals surface area contributed by atoms with Crippen molar-refractivity contribution in [2.45, 2.75) is 51.7 Å². The van der Waals surface area contributed by atoms with Gasteiger partial charge in [-0.3, -0.25) is 4.79 Å². The third-order valence-corrected chi connectivity index (χ3v) is 7.85. The number of halogens is 2. The van der Waals surface area contributed by atoms with Crippen molar-refractivity contribution in [3.8, 4) is 0 Å². The normalized spacial score (nSPS) is 35.6. The zero-order valence-electron chi connectivity index (χ0n) is 16.8. The number of benzene rings is 1. The third kappa shape index (κ3) is 3.06. The van der Waals surface area contributed by atoms with Crippen molar-refractivity contribution >= 4 is 17.5 Å². The van der Waals surface area contributed by atoms with Crippen LogP contribution in [0.15, 0.2) is 18.2 Å². The molecule has 2 aliphatic carbocycles. The molecular formula is C22H29ClFNO3. The van der Waals surface area contributed by atoms with Gasteiger partial charge in [-0.15, -0.1) is 0 Å². The molecule has 1 aromatic rings. The van der Waals surface area contributed by atoms with Gasteiger partial charge in [0.2, 0.25) is 5.91 Å². The minimum Gasteiger partial charge on any atom is -0.384 e. The van der Waals surface area contributed by atoms with E-state index in [-0.39, 0.29) is 40.6 Å². The second-order valence-corrected chi connectivity index (χ2v) is 9.68. The molecule has 5 atom stereocenters. The molecule has 0 aromatic heterocycles. The van der Waals surface area contributed by atoms with Gasteiger partial charge < -0.3 is 14.8 Å². The van der Waals surface area contributed by atoms with Gasteiger partial charge in [-0.1, -0.05) is 31.5 Å². The molecule has 3 fully saturated rings. The van der Waals surface area contributed by atoms with Gasteiger partial charge in [-0.25, -0.2) is 4.39 Å². The smallest absolute Gasteiger partial charge is 0.222 e. The van der Waals surface area contributed by atoms with Crippen molar-refractivity contribution in [1.82, 2.24) is 5.32 Å². The Morgan fingerprint density at radius 1 is 1.43 bits per heavy atom. The van der Waals surface area contributed by atoms with Crippen LogP contribution in [0.2, 0.25) is 5.02 Å². The van der Waals surface area contributed by atoms with E-state index in [1.54, 1.807) is 19.2 Å².